The second-order valence-electron chi connectivity index (χ2n) is 4.81. The molecule has 0 saturated heterocycles. The lowest BCUT2D eigenvalue weighted by Gasteiger charge is -1.98. The molecule has 5 heteroatoms. The van der Waals surface area contributed by atoms with Gasteiger partial charge in [0.05, 0.1) is 16.1 Å². The van der Waals surface area contributed by atoms with E-state index in [-0.39, 0.29) is 5.69 Å². The molecule has 0 bridgehead atoms. The molecule has 1 aromatic heterocycles. The van der Waals surface area contributed by atoms with Crippen molar-refractivity contribution >= 4 is 22.3 Å². The summed E-state index contributed by atoms with van der Waals surface area (Å²) < 4.78 is 0. The highest BCUT2D eigenvalue weighted by atomic mass is 16.6. The van der Waals surface area contributed by atoms with Gasteiger partial charge in [0.15, 0.2) is 0 Å². The molecule has 0 radical (unpaired) electrons. The number of hydrogen-bond acceptors (Lipinski definition) is 3. The van der Waals surface area contributed by atoms with Crippen LogP contribution in [0.5, 0.6) is 0 Å². The van der Waals surface area contributed by atoms with Gasteiger partial charge >= 0.3 is 0 Å². The summed E-state index contributed by atoms with van der Waals surface area (Å²) >= 11 is 0. The number of rotatable bonds is 2. The minimum absolute atomic E-state index is 0.00413. The lowest BCUT2D eigenvalue weighted by molar-refractivity contribution is -0.384. The number of nitrogens with zero attached hydrogens (tertiary/aromatic N) is 1. The Morgan fingerprint density at radius 3 is 2.50 bits per heavy atom. The molecular formula is C15H13N3O2. The number of aromatic amines is 1. The largest absolute Gasteiger partial charge is 0.397 e. The predicted octanol–water partition coefficient (Wildman–Crippen LogP) is 3.63. The van der Waals surface area contributed by atoms with Crippen molar-refractivity contribution in [3.8, 4) is 11.3 Å². The molecule has 0 spiro atoms. The van der Waals surface area contributed by atoms with Gasteiger partial charge in [-0.15, -0.1) is 0 Å². The number of benzene rings is 2. The molecule has 3 N–H and O–H groups in total. The zero-order valence-electron chi connectivity index (χ0n) is 10.9. The van der Waals surface area contributed by atoms with Crippen molar-refractivity contribution in [3.63, 3.8) is 0 Å². The van der Waals surface area contributed by atoms with E-state index in [4.69, 9.17) is 5.73 Å². The molecule has 3 rings (SSSR count). The summed E-state index contributed by atoms with van der Waals surface area (Å²) in [4.78, 5) is 13.6. The lowest BCUT2D eigenvalue weighted by atomic mass is 10.1. The Morgan fingerprint density at radius 1 is 1.15 bits per heavy atom. The normalized spacial score (nSPS) is 10.8. The molecule has 2 aromatic carbocycles. The summed E-state index contributed by atoms with van der Waals surface area (Å²) in [5, 5.41) is 11.6. The summed E-state index contributed by atoms with van der Waals surface area (Å²) in [6.07, 6.45) is 0. The lowest BCUT2D eigenvalue weighted by Crippen LogP contribution is -1.92. The van der Waals surface area contributed by atoms with Crippen LogP contribution in [0.15, 0.2) is 42.5 Å². The molecule has 0 saturated carbocycles. The number of nitro groups is 1. The van der Waals surface area contributed by atoms with Crippen molar-refractivity contribution in [2.45, 2.75) is 6.92 Å². The first-order valence-electron chi connectivity index (χ1n) is 6.18. The molecule has 0 fully saturated rings. The summed E-state index contributed by atoms with van der Waals surface area (Å²) in [6.45, 7) is 2.02. The maximum absolute atomic E-state index is 10.9. The van der Waals surface area contributed by atoms with Crippen molar-refractivity contribution in [1.82, 2.24) is 4.98 Å². The standard InChI is InChI=1S/C15H13N3O2/c1-9-2-4-10(5-3-9)14-7-11-6-12(18(19)20)8-13(16)15(11)17-14/h2-8,17H,16H2,1H3. The molecule has 100 valence electrons. The second-order valence-corrected chi connectivity index (χ2v) is 4.81. The van der Waals surface area contributed by atoms with E-state index in [2.05, 4.69) is 4.98 Å². The van der Waals surface area contributed by atoms with E-state index in [1.54, 1.807) is 0 Å². The van der Waals surface area contributed by atoms with Crippen LogP contribution in [0.4, 0.5) is 11.4 Å². The number of fused-ring (bicyclic) bond motifs is 1. The molecule has 3 aromatic rings. The molecule has 0 atom stereocenters. The van der Waals surface area contributed by atoms with E-state index in [1.165, 1.54) is 17.7 Å². The van der Waals surface area contributed by atoms with E-state index < -0.39 is 4.92 Å². The van der Waals surface area contributed by atoms with E-state index in [1.807, 2.05) is 37.3 Å². The third-order valence-corrected chi connectivity index (χ3v) is 3.32. The van der Waals surface area contributed by atoms with Crippen LogP contribution in [0.1, 0.15) is 5.56 Å². The van der Waals surface area contributed by atoms with Crippen molar-refractivity contribution in [1.29, 1.82) is 0 Å². The average molecular weight is 267 g/mol. The van der Waals surface area contributed by atoms with Gasteiger partial charge in [-0.05, 0) is 18.6 Å². The van der Waals surface area contributed by atoms with Gasteiger partial charge in [-0.25, -0.2) is 0 Å². The van der Waals surface area contributed by atoms with Crippen molar-refractivity contribution in [3.05, 3.63) is 58.1 Å². The number of H-pyrrole nitrogens is 1. The molecular weight excluding hydrogens is 254 g/mol. The third kappa shape index (κ3) is 1.99. The molecule has 0 unspecified atom stereocenters. The Morgan fingerprint density at radius 2 is 1.85 bits per heavy atom. The smallest absolute Gasteiger partial charge is 0.272 e. The third-order valence-electron chi connectivity index (χ3n) is 3.32. The van der Waals surface area contributed by atoms with Crippen LogP contribution in [0.25, 0.3) is 22.2 Å². The van der Waals surface area contributed by atoms with E-state index in [0.29, 0.717) is 5.69 Å². The fraction of sp³-hybridized carbons (Fsp3) is 0.0667. The van der Waals surface area contributed by atoms with Crippen molar-refractivity contribution in [2.24, 2.45) is 0 Å². The highest BCUT2D eigenvalue weighted by Gasteiger charge is 2.12. The van der Waals surface area contributed by atoms with Crippen molar-refractivity contribution in [2.75, 3.05) is 5.73 Å². The zero-order chi connectivity index (χ0) is 14.3. The van der Waals surface area contributed by atoms with Crippen LogP contribution in [0.3, 0.4) is 0 Å². The summed E-state index contributed by atoms with van der Waals surface area (Å²) in [6, 6.07) is 12.8. The van der Waals surface area contributed by atoms with Gasteiger partial charge in [0.2, 0.25) is 0 Å². The minimum atomic E-state index is -0.436. The monoisotopic (exact) mass is 267 g/mol. The van der Waals surface area contributed by atoms with Crippen LogP contribution in [-0.2, 0) is 0 Å². The zero-order valence-corrected chi connectivity index (χ0v) is 10.9. The number of non-ortho nitro benzene ring substituents is 1. The predicted molar refractivity (Wildman–Crippen MR) is 79.5 cm³/mol. The SMILES string of the molecule is Cc1ccc(-c2cc3cc([N+](=O)[O-])cc(N)c3[nH]2)cc1. The topological polar surface area (TPSA) is 84.9 Å². The summed E-state index contributed by atoms with van der Waals surface area (Å²) in [5.74, 6) is 0. The molecule has 0 aliphatic heterocycles. The first kappa shape index (κ1) is 12.2. The van der Waals surface area contributed by atoms with Gasteiger partial charge in [0.1, 0.15) is 0 Å². The van der Waals surface area contributed by atoms with E-state index >= 15 is 0 Å². The number of nitrogens with one attached hydrogen (secondary N) is 1. The van der Waals surface area contributed by atoms with Gasteiger partial charge < -0.3 is 10.7 Å². The van der Waals surface area contributed by atoms with Crippen molar-refractivity contribution < 1.29 is 4.92 Å². The maximum Gasteiger partial charge on any atom is 0.272 e. The molecule has 0 aliphatic rings. The first-order chi connectivity index (χ1) is 9.54. The quantitative estimate of drug-likeness (QED) is 0.422. The Hall–Kier alpha value is -2.82. The summed E-state index contributed by atoms with van der Waals surface area (Å²) in [7, 11) is 0. The van der Waals surface area contributed by atoms with Gasteiger partial charge in [0.25, 0.3) is 5.69 Å². The minimum Gasteiger partial charge on any atom is -0.397 e. The number of aryl methyl sites for hydroxylation is 1. The molecule has 5 nitrogen and oxygen atoms in total. The fourth-order valence-corrected chi connectivity index (χ4v) is 2.25. The highest BCUT2D eigenvalue weighted by Crippen LogP contribution is 2.31. The number of nitro benzene ring substituents is 1. The van der Waals surface area contributed by atoms with Gasteiger partial charge in [-0.3, -0.25) is 10.1 Å². The first-order valence-corrected chi connectivity index (χ1v) is 6.18. The van der Waals surface area contributed by atoms with Crippen LogP contribution >= 0.6 is 0 Å². The number of nitrogen functional groups attached to an aromatic ring is 1. The van der Waals surface area contributed by atoms with Gasteiger partial charge in [0, 0.05) is 23.2 Å². The average Bonchev–Trinajstić information content (AvgIpc) is 2.84. The van der Waals surface area contributed by atoms with Crippen LogP contribution < -0.4 is 5.73 Å². The Labute approximate surface area is 115 Å². The number of nitrogens with two attached hydrogens (primary N) is 1. The maximum atomic E-state index is 10.9. The fourth-order valence-electron chi connectivity index (χ4n) is 2.25. The summed E-state index contributed by atoms with van der Waals surface area (Å²) in [5.41, 5.74) is 10.1. The number of aromatic nitrogens is 1. The van der Waals surface area contributed by atoms with Crippen LogP contribution in [0.2, 0.25) is 0 Å². The van der Waals surface area contributed by atoms with Crippen LogP contribution in [-0.4, -0.2) is 9.91 Å². The molecule has 1 heterocycles. The number of anilines is 1. The Kier molecular flexibility index (Phi) is 2.68. The van der Waals surface area contributed by atoms with Gasteiger partial charge in [-0.2, -0.15) is 0 Å². The second kappa shape index (κ2) is 4.38. The highest BCUT2D eigenvalue weighted by molar-refractivity contribution is 5.95. The molecule has 0 aliphatic carbocycles. The van der Waals surface area contributed by atoms with Gasteiger partial charge in [-0.1, -0.05) is 29.8 Å². The van der Waals surface area contributed by atoms with E-state index in [9.17, 15) is 10.1 Å². The number of hydrogen-bond donors (Lipinski definition) is 2. The Balaban J connectivity index is 2.17. The molecule has 0 amide bonds. The Bertz CT molecular complexity index is 804. The van der Waals surface area contributed by atoms with Crippen LogP contribution in [0, 0.1) is 17.0 Å². The van der Waals surface area contributed by atoms with E-state index in [0.717, 1.165) is 22.2 Å². The molecule has 20 heavy (non-hydrogen) atoms.